The number of halogens is 2. The fourth-order valence-corrected chi connectivity index (χ4v) is 1.32. The van der Waals surface area contributed by atoms with Gasteiger partial charge in [0.1, 0.15) is 5.82 Å². The maximum absolute atomic E-state index is 13.7. The van der Waals surface area contributed by atoms with Crippen molar-refractivity contribution < 1.29 is 18.2 Å². The third kappa shape index (κ3) is 1.80. The average Bonchev–Trinajstić information content (AvgIpc) is 2.64. The molecule has 0 fully saturated rings. The molecule has 17 heavy (non-hydrogen) atoms. The molecule has 0 aliphatic heterocycles. The predicted molar refractivity (Wildman–Crippen MR) is 52.9 cm³/mol. The van der Waals surface area contributed by atoms with Crippen molar-refractivity contribution in [3.05, 3.63) is 39.9 Å². The van der Waals surface area contributed by atoms with Crippen molar-refractivity contribution in [3.63, 3.8) is 0 Å². The molecule has 0 bridgehead atoms. The first-order valence-corrected chi connectivity index (χ1v) is 4.35. The number of nitrogens with two attached hydrogens (primary N) is 1. The van der Waals surface area contributed by atoms with Gasteiger partial charge in [-0.15, -0.1) is 0 Å². The Hall–Kier alpha value is -2.51. The van der Waals surface area contributed by atoms with Crippen LogP contribution in [0.2, 0.25) is 0 Å². The Kier molecular flexibility index (Phi) is 2.47. The summed E-state index contributed by atoms with van der Waals surface area (Å²) in [7, 11) is 0. The molecule has 2 rings (SSSR count). The average molecular weight is 241 g/mol. The zero-order valence-corrected chi connectivity index (χ0v) is 8.18. The van der Waals surface area contributed by atoms with Gasteiger partial charge < -0.3 is 10.3 Å². The lowest BCUT2D eigenvalue weighted by Crippen LogP contribution is -1.97. The van der Waals surface area contributed by atoms with E-state index in [2.05, 4.69) is 9.68 Å². The number of rotatable bonds is 2. The molecular weight excluding hydrogens is 236 g/mol. The zero-order valence-electron chi connectivity index (χ0n) is 8.18. The number of hydrogen-bond donors (Lipinski definition) is 1. The van der Waals surface area contributed by atoms with Crippen molar-refractivity contribution in [2.45, 2.75) is 0 Å². The van der Waals surface area contributed by atoms with E-state index in [-0.39, 0.29) is 11.6 Å². The Morgan fingerprint density at radius 2 is 2.12 bits per heavy atom. The Morgan fingerprint density at radius 1 is 1.41 bits per heavy atom. The van der Waals surface area contributed by atoms with E-state index in [1.54, 1.807) is 0 Å². The number of nitro groups is 1. The fourth-order valence-electron chi connectivity index (χ4n) is 1.32. The van der Waals surface area contributed by atoms with Crippen molar-refractivity contribution in [2.24, 2.45) is 0 Å². The number of benzene rings is 1. The number of nitro benzene ring substituents is 1. The van der Waals surface area contributed by atoms with Crippen LogP contribution in [-0.4, -0.2) is 10.1 Å². The van der Waals surface area contributed by atoms with Crippen LogP contribution >= 0.6 is 0 Å². The first-order chi connectivity index (χ1) is 8.00. The van der Waals surface area contributed by atoms with Gasteiger partial charge in [-0.05, 0) is 6.07 Å². The lowest BCUT2D eigenvalue weighted by molar-refractivity contribution is -0.387. The third-order valence-corrected chi connectivity index (χ3v) is 2.04. The first kappa shape index (κ1) is 11.0. The highest BCUT2D eigenvalue weighted by Gasteiger charge is 2.24. The van der Waals surface area contributed by atoms with Crippen LogP contribution in [-0.2, 0) is 0 Å². The van der Waals surface area contributed by atoms with E-state index in [1.807, 2.05) is 0 Å². The summed E-state index contributed by atoms with van der Waals surface area (Å²) in [6.45, 7) is 0. The van der Waals surface area contributed by atoms with Gasteiger partial charge in [0.05, 0.1) is 10.5 Å². The monoisotopic (exact) mass is 241 g/mol. The van der Waals surface area contributed by atoms with Gasteiger partial charge in [-0.2, -0.15) is 4.39 Å². The molecule has 0 unspecified atom stereocenters. The Morgan fingerprint density at radius 3 is 2.65 bits per heavy atom. The molecule has 0 spiro atoms. The third-order valence-electron chi connectivity index (χ3n) is 2.04. The molecule has 0 amide bonds. The highest BCUT2D eigenvalue weighted by Crippen LogP contribution is 2.32. The molecule has 0 radical (unpaired) electrons. The lowest BCUT2D eigenvalue weighted by atomic mass is 10.1. The van der Waals surface area contributed by atoms with Gasteiger partial charge in [-0.1, -0.05) is 5.16 Å². The summed E-state index contributed by atoms with van der Waals surface area (Å²) in [4.78, 5) is 9.53. The first-order valence-electron chi connectivity index (χ1n) is 4.35. The second-order valence-electron chi connectivity index (χ2n) is 3.13. The SMILES string of the molecule is Nc1cc(-c2c(F)ccc([N+](=O)[O-])c2F)on1. The zero-order chi connectivity index (χ0) is 12.6. The molecule has 1 heterocycles. The standard InChI is InChI=1S/C9H5F2N3O3/c10-4-1-2-5(14(15)16)9(11)8(4)6-3-7(12)13-17-6/h1-3H,(H2,12,13). The normalized spacial score (nSPS) is 10.5. The summed E-state index contributed by atoms with van der Waals surface area (Å²) >= 11 is 0. The molecule has 2 aromatic rings. The van der Waals surface area contributed by atoms with Crippen molar-refractivity contribution in [1.29, 1.82) is 0 Å². The molecule has 0 atom stereocenters. The van der Waals surface area contributed by atoms with Crippen LogP contribution in [0.3, 0.4) is 0 Å². The van der Waals surface area contributed by atoms with E-state index in [9.17, 15) is 18.9 Å². The Labute approximate surface area is 92.8 Å². The highest BCUT2D eigenvalue weighted by molar-refractivity contribution is 5.65. The van der Waals surface area contributed by atoms with E-state index >= 15 is 0 Å². The number of nitrogens with zero attached hydrogens (tertiary/aromatic N) is 2. The molecular formula is C9H5F2N3O3. The maximum Gasteiger partial charge on any atom is 0.305 e. The number of anilines is 1. The van der Waals surface area contributed by atoms with Crippen LogP contribution in [0.4, 0.5) is 20.3 Å². The van der Waals surface area contributed by atoms with Crippen LogP contribution in [0.25, 0.3) is 11.3 Å². The largest absolute Gasteiger partial charge is 0.381 e. The molecule has 8 heteroatoms. The fraction of sp³-hybridized carbons (Fsp3) is 0. The van der Waals surface area contributed by atoms with Crippen molar-refractivity contribution in [1.82, 2.24) is 5.16 Å². The maximum atomic E-state index is 13.7. The van der Waals surface area contributed by atoms with Gasteiger partial charge in [0.2, 0.25) is 5.82 Å². The van der Waals surface area contributed by atoms with Crippen LogP contribution in [0, 0.1) is 21.7 Å². The van der Waals surface area contributed by atoms with Crippen LogP contribution in [0.5, 0.6) is 0 Å². The molecule has 88 valence electrons. The Balaban J connectivity index is 2.68. The quantitative estimate of drug-likeness (QED) is 0.641. The van der Waals surface area contributed by atoms with Crippen molar-refractivity contribution in [3.8, 4) is 11.3 Å². The second-order valence-corrected chi connectivity index (χ2v) is 3.13. The molecule has 0 aliphatic carbocycles. The van der Waals surface area contributed by atoms with E-state index in [4.69, 9.17) is 5.73 Å². The number of hydrogen-bond acceptors (Lipinski definition) is 5. The highest BCUT2D eigenvalue weighted by atomic mass is 19.1. The van der Waals surface area contributed by atoms with Gasteiger partial charge >= 0.3 is 5.69 Å². The topological polar surface area (TPSA) is 95.2 Å². The minimum Gasteiger partial charge on any atom is -0.381 e. The van der Waals surface area contributed by atoms with E-state index in [1.165, 1.54) is 0 Å². The van der Waals surface area contributed by atoms with Crippen LogP contribution in [0.1, 0.15) is 0 Å². The number of aromatic nitrogens is 1. The summed E-state index contributed by atoms with van der Waals surface area (Å²) in [5, 5.41) is 13.7. The van der Waals surface area contributed by atoms with Gasteiger partial charge in [-0.25, -0.2) is 4.39 Å². The van der Waals surface area contributed by atoms with Gasteiger partial charge in [-0.3, -0.25) is 10.1 Å². The lowest BCUT2D eigenvalue weighted by Gasteiger charge is -2.00. The van der Waals surface area contributed by atoms with Crippen molar-refractivity contribution >= 4 is 11.5 Å². The molecule has 1 aromatic carbocycles. The van der Waals surface area contributed by atoms with Crippen LogP contribution < -0.4 is 5.73 Å². The second kappa shape index (κ2) is 3.81. The minimum absolute atomic E-state index is 0.0784. The summed E-state index contributed by atoms with van der Waals surface area (Å²) in [6.07, 6.45) is 0. The molecule has 1 aromatic heterocycles. The van der Waals surface area contributed by atoms with E-state index < -0.39 is 27.8 Å². The summed E-state index contributed by atoms with van der Waals surface area (Å²) < 4.78 is 31.6. The van der Waals surface area contributed by atoms with Crippen molar-refractivity contribution in [2.75, 3.05) is 5.73 Å². The summed E-state index contributed by atoms with van der Waals surface area (Å²) in [5.41, 5.74) is 3.72. The molecule has 2 N–H and O–H groups in total. The minimum atomic E-state index is -1.33. The molecule has 0 aliphatic rings. The molecule has 6 nitrogen and oxygen atoms in total. The molecule has 0 saturated carbocycles. The summed E-state index contributed by atoms with van der Waals surface area (Å²) in [5.74, 6) is -2.71. The Bertz CT molecular complexity index is 597. The van der Waals surface area contributed by atoms with E-state index in [0.29, 0.717) is 0 Å². The van der Waals surface area contributed by atoms with Crippen LogP contribution in [0.15, 0.2) is 22.7 Å². The summed E-state index contributed by atoms with van der Waals surface area (Å²) in [6, 6.07) is 2.58. The van der Waals surface area contributed by atoms with Gasteiger partial charge in [0.25, 0.3) is 0 Å². The van der Waals surface area contributed by atoms with Gasteiger partial charge in [0.15, 0.2) is 11.6 Å². The van der Waals surface area contributed by atoms with Gasteiger partial charge in [0, 0.05) is 12.1 Å². The number of nitrogen functional groups attached to an aromatic ring is 1. The predicted octanol–water partition coefficient (Wildman–Crippen LogP) is 2.11. The van der Waals surface area contributed by atoms with E-state index in [0.717, 1.165) is 18.2 Å². The smallest absolute Gasteiger partial charge is 0.305 e. The molecule has 0 saturated heterocycles.